The first-order valence-corrected chi connectivity index (χ1v) is 7.51. The smallest absolute Gasteiger partial charge is 0.391 e. The molecule has 0 bridgehead atoms. The number of likely N-dealkylation sites (tertiary alicyclic amines) is 1. The number of rotatable bonds is 4. The number of alkyl halides is 3. The van der Waals surface area contributed by atoms with Gasteiger partial charge >= 0.3 is 6.18 Å². The number of nitrogens with two attached hydrogens (primary N) is 1. The van der Waals surface area contributed by atoms with Crippen molar-refractivity contribution in [2.45, 2.75) is 38.3 Å². The molecule has 118 valence electrons. The van der Waals surface area contributed by atoms with Gasteiger partial charge in [0.15, 0.2) is 0 Å². The van der Waals surface area contributed by atoms with Crippen LogP contribution in [-0.2, 0) is 0 Å². The van der Waals surface area contributed by atoms with Crippen molar-refractivity contribution in [1.29, 1.82) is 0 Å². The van der Waals surface area contributed by atoms with Crippen LogP contribution in [0, 0.1) is 5.92 Å². The fraction of sp³-hybridized carbons (Fsp3) is 0.625. The Bertz CT molecular complexity index is 434. The Morgan fingerprint density at radius 2 is 1.76 bits per heavy atom. The zero-order valence-corrected chi connectivity index (χ0v) is 12.4. The maximum Gasteiger partial charge on any atom is 0.391 e. The van der Waals surface area contributed by atoms with E-state index in [4.69, 9.17) is 5.73 Å². The number of benzene rings is 1. The number of nitrogen functional groups attached to an aromatic ring is 1. The highest BCUT2D eigenvalue weighted by Crippen LogP contribution is 2.34. The first-order valence-electron chi connectivity index (χ1n) is 7.51. The molecule has 21 heavy (non-hydrogen) atoms. The molecule has 0 aromatic heterocycles. The van der Waals surface area contributed by atoms with Crippen LogP contribution in [0.25, 0.3) is 0 Å². The summed E-state index contributed by atoms with van der Waals surface area (Å²) in [6, 6.07) is 7.83. The Morgan fingerprint density at radius 3 is 2.29 bits per heavy atom. The van der Waals surface area contributed by atoms with Gasteiger partial charge in [-0.1, -0.05) is 19.1 Å². The van der Waals surface area contributed by atoms with Crippen LogP contribution in [0.4, 0.5) is 18.9 Å². The largest absolute Gasteiger partial charge is 0.399 e. The minimum Gasteiger partial charge on any atom is -0.399 e. The van der Waals surface area contributed by atoms with Crippen molar-refractivity contribution in [3.8, 4) is 0 Å². The van der Waals surface area contributed by atoms with Gasteiger partial charge in [0.2, 0.25) is 0 Å². The van der Waals surface area contributed by atoms with Crippen molar-refractivity contribution in [2.24, 2.45) is 5.92 Å². The minimum atomic E-state index is -4.02. The van der Waals surface area contributed by atoms with E-state index in [9.17, 15) is 13.2 Å². The second-order valence-electron chi connectivity index (χ2n) is 6.01. The lowest BCUT2D eigenvalue weighted by Gasteiger charge is -2.33. The summed E-state index contributed by atoms with van der Waals surface area (Å²) in [5.41, 5.74) is 7.65. The van der Waals surface area contributed by atoms with E-state index in [1.54, 1.807) is 0 Å². The van der Waals surface area contributed by atoms with E-state index >= 15 is 0 Å². The molecule has 1 saturated heterocycles. The molecule has 1 heterocycles. The standard InChI is InChI=1S/C16H23F3N2/c1-12(13-2-4-15(20)5-3-13)6-9-21-10-7-14(8-11-21)16(17,18)19/h2-5,12,14H,6-11,20H2,1H3. The molecule has 0 saturated carbocycles. The molecule has 1 aliphatic rings. The van der Waals surface area contributed by atoms with E-state index in [1.165, 1.54) is 5.56 Å². The number of hydrogen-bond donors (Lipinski definition) is 1. The molecule has 1 unspecified atom stereocenters. The minimum absolute atomic E-state index is 0.236. The van der Waals surface area contributed by atoms with Gasteiger partial charge in [-0.2, -0.15) is 13.2 Å². The van der Waals surface area contributed by atoms with E-state index < -0.39 is 12.1 Å². The number of hydrogen-bond acceptors (Lipinski definition) is 2. The summed E-state index contributed by atoms with van der Waals surface area (Å²) in [6.07, 6.45) is -2.59. The van der Waals surface area contributed by atoms with E-state index in [2.05, 4.69) is 11.8 Å². The molecule has 0 aliphatic carbocycles. The Kier molecular flexibility index (Phi) is 5.14. The van der Waals surface area contributed by atoms with Gasteiger partial charge in [-0.25, -0.2) is 0 Å². The zero-order chi connectivity index (χ0) is 15.5. The molecule has 0 amide bonds. The van der Waals surface area contributed by atoms with Crippen molar-refractivity contribution < 1.29 is 13.2 Å². The lowest BCUT2D eigenvalue weighted by molar-refractivity contribution is -0.185. The molecule has 1 aromatic rings. The predicted octanol–water partition coefficient (Wildman–Crippen LogP) is 4.04. The van der Waals surface area contributed by atoms with Crippen LogP contribution in [0.3, 0.4) is 0 Å². The summed E-state index contributed by atoms with van der Waals surface area (Å²) in [5.74, 6) is -0.714. The van der Waals surface area contributed by atoms with Gasteiger partial charge in [0.1, 0.15) is 0 Å². The maximum atomic E-state index is 12.6. The summed E-state index contributed by atoms with van der Waals surface area (Å²) in [5, 5.41) is 0. The Balaban J connectivity index is 1.76. The first-order chi connectivity index (χ1) is 9.86. The maximum absolute atomic E-state index is 12.6. The third-order valence-corrected chi connectivity index (χ3v) is 4.43. The number of anilines is 1. The quantitative estimate of drug-likeness (QED) is 0.850. The van der Waals surface area contributed by atoms with Crippen LogP contribution >= 0.6 is 0 Å². The van der Waals surface area contributed by atoms with Crippen molar-refractivity contribution in [3.63, 3.8) is 0 Å². The van der Waals surface area contributed by atoms with Gasteiger partial charge in [0.05, 0.1) is 5.92 Å². The molecule has 2 rings (SSSR count). The van der Waals surface area contributed by atoms with Crippen molar-refractivity contribution in [3.05, 3.63) is 29.8 Å². The van der Waals surface area contributed by atoms with Gasteiger partial charge in [-0.3, -0.25) is 0 Å². The normalized spacial score (nSPS) is 19.6. The number of piperidine rings is 1. The lowest BCUT2D eigenvalue weighted by Crippen LogP contribution is -2.39. The summed E-state index contributed by atoms with van der Waals surface area (Å²) in [4.78, 5) is 2.15. The molecule has 1 fully saturated rings. The SMILES string of the molecule is CC(CCN1CCC(C(F)(F)F)CC1)c1ccc(N)cc1. The molecule has 1 aromatic carbocycles. The molecule has 2 N–H and O–H groups in total. The molecule has 0 spiro atoms. The Labute approximate surface area is 124 Å². The third-order valence-electron chi connectivity index (χ3n) is 4.43. The van der Waals surface area contributed by atoms with Crippen LogP contribution in [-0.4, -0.2) is 30.7 Å². The predicted molar refractivity (Wildman–Crippen MR) is 79.1 cm³/mol. The molecular formula is C16H23F3N2. The van der Waals surface area contributed by atoms with E-state index in [1.807, 2.05) is 24.3 Å². The average Bonchev–Trinajstić information content (AvgIpc) is 2.45. The lowest BCUT2D eigenvalue weighted by atomic mass is 9.94. The fourth-order valence-corrected chi connectivity index (χ4v) is 2.85. The fourth-order valence-electron chi connectivity index (χ4n) is 2.85. The van der Waals surface area contributed by atoms with Gasteiger partial charge in [0.25, 0.3) is 0 Å². The first kappa shape index (κ1) is 16.1. The highest BCUT2D eigenvalue weighted by atomic mass is 19.4. The van der Waals surface area contributed by atoms with Gasteiger partial charge in [-0.15, -0.1) is 0 Å². The van der Waals surface area contributed by atoms with E-state index in [0.29, 0.717) is 19.0 Å². The molecular weight excluding hydrogens is 277 g/mol. The van der Waals surface area contributed by atoms with Gasteiger partial charge < -0.3 is 10.6 Å². The van der Waals surface area contributed by atoms with Crippen LogP contribution in [0.1, 0.15) is 37.7 Å². The summed E-state index contributed by atoms with van der Waals surface area (Å²) < 4.78 is 37.8. The molecule has 1 aliphatic heterocycles. The molecule has 2 nitrogen and oxygen atoms in total. The highest BCUT2D eigenvalue weighted by Gasteiger charge is 2.40. The summed E-state index contributed by atoms with van der Waals surface area (Å²) in [7, 11) is 0. The Hall–Kier alpha value is -1.23. The second-order valence-corrected chi connectivity index (χ2v) is 6.01. The number of halogens is 3. The zero-order valence-electron chi connectivity index (χ0n) is 12.4. The summed E-state index contributed by atoms with van der Waals surface area (Å²) >= 11 is 0. The third kappa shape index (κ3) is 4.63. The molecule has 0 radical (unpaired) electrons. The van der Waals surface area contributed by atoms with E-state index in [-0.39, 0.29) is 12.8 Å². The van der Waals surface area contributed by atoms with Crippen molar-refractivity contribution >= 4 is 5.69 Å². The average molecular weight is 300 g/mol. The van der Waals surface area contributed by atoms with Gasteiger partial charge in [0, 0.05) is 5.69 Å². The number of nitrogens with zero attached hydrogens (tertiary/aromatic N) is 1. The van der Waals surface area contributed by atoms with E-state index in [0.717, 1.165) is 18.7 Å². The van der Waals surface area contributed by atoms with Crippen molar-refractivity contribution in [2.75, 3.05) is 25.4 Å². The topological polar surface area (TPSA) is 29.3 Å². The monoisotopic (exact) mass is 300 g/mol. The molecule has 1 atom stereocenters. The van der Waals surface area contributed by atoms with Crippen LogP contribution < -0.4 is 5.73 Å². The second kappa shape index (κ2) is 6.69. The Morgan fingerprint density at radius 1 is 1.19 bits per heavy atom. The molecule has 5 heteroatoms. The van der Waals surface area contributed by atoms with Crippen LogP contribution in [0.5, 0.6) is 0 Å². The van der Waals surface area contributed by atoms with Crippen LogP contribution in [0.2, 0.25) is 0 Å². The van der Waals surface area contributed by atoms with Crippen molar-refractivity contribution in [1.82, 2.24) is 4.90 Å². The highest BCUT2D eigenvalue weighted by molar-refractivity contribution is 5.40. The van der Waals surface area contributed by atoms with Crippen LogP contribution in [0.15, 0.2) is 24.3 Å². The summed E-state index contributed by atoms with van der Waals surface area (Å²) in [6.45, 7) is 4.11. The van der Waals surface area contributed by atoms with Gasteiger partial charge in [-0.05, 0) is 62.5 Å².